The van der Waals surface area contributed by atoms with Crippen LogP contribution in [-0.2, 0) is 0 Å². The van der Waals surface area contributed by atoms with Crippen molar-refractivity contribution in [2.75, 3.05) is 6.54 Å². The largest absolute Gasteiger partial charge is 0.393 e. The van der Waals surface area contributed by atoms with Crippen LogP contribution in [0.2, 0.25) is 5.02 Å². The number of nitro groups is 1. The molecule has 116 valence electrons. The van der Waals surface area contributed by atoms with Crippen LogP contribution in [0.5, 0.6) is 0 Å². The number of nitrogens with zero attached hydrogens (tertiary/aromatic N) is 1. The van der Waals surface area contributed by atoms with E-state index in [2.05, 4.69) is 5.32 Å². The molecule has 1 rings (SSSR count). The standard InChI is InChI=1S/C14H19ClN2O4/c1-9(18)7-14(2,3)8-16-13(19)10-5-4-6-11(15)12(10)17(20)21/h4-6,9,18H,7-8H2,1-3H3,(H,16,19)/t9-/m1/s1. The molecule has 1 aromatic rings. The number of carbonyl (C=O) groups excluding carboxylic acids is 1. The van der Waals surface area contributed by atoms with Gasteiger partial charge in [0.15, 0.2) is 0 Å². The SMILES string of the molecule is C[C@@H](O)CC(C)(C)CNC(=O)c1cccc(Cl)c1[N+](=O)[O-]. The van der Waals surface area contributed by atoms with Crippen LogP contribution in [0.4, 0.5) is 5.69 Å². The molecule has 0 spiro atoms. The Hall–Kier alpha value is -1.66. The molecule has 1 atom stereocenters. The van der Waals surface area contributed by atoms with Crippen molar-refractivity contribution in [3.05, 3.63) is 38.9 Å². The summed E-state index contributed by atoms with van der Waals surface area (Å²) in [6, 6.07) is 4.22. The fraction of sp³-hybridized carbons (Fsp3) is 0.500. The van der Waals surface area contributed by atoms with Crippen molar-refractivity contribution in [2.24, 2.45) is 5.41 Å². The lowest BCUT2D eigenvalue weighted by atomic mass is 9.87. The second-order valence-corrected chi connectivity index (χ2v) is 6.20. The number of aliphatic hydroxyl groups is 1. The highest BCUT2D eigenvalue weighted by Crippen LogP contribution is 2.28. The van der Waals surface area contributed by atoms with Crippen molar-refractivity contribution in [2.45, 2.75) is 33.3 Å². The maximum absolute atomic E-state index is 12.1. The number of halogens is 1. The number of aliphatic hydroxyl groups excluding tert-OH is 1. The molecule has 6 nitrogen and oxygen atoms in total. The van der Waals surface area contributed by atoms with Crippen LogP contribution in [0, 0.1) is 15.5 Å². The Morgan fingerprint density at radius 3 is 2.67 bits per heavy atom. The Labute approximate surface area is 128 Å². The number of rotatable bonds is 6. The Morgan fingerprint density at radius 2 is 2.14 bits per heavy atom. The number of amides is 1. The molecular formula is C14H19ClN2O4. The maximum Gasteiger partial charge on any atom is 0.300 e. The third-order valence-corrected chi connectivity index (χ3v) is 3.29. The molecular weight excluding hydrogens is 296 g/mol. The molecule has 0 saturated heterocycles. The van der Waals surface area contributed by atoms with Gasteiger partial charge in [0.2, 0.25) is 0 Å². The molecule has 0 bridgehead atoms. The topological polar surface area (TPSA) is 92.5 Å². The molecule has 1 aromatic carbocycles. The van der Waals surface area contributed by atoms with Gasteiger partial charge in [0, 0.05) is 6.54 Å². The summed E-state index contributed by atoms with van der Waals surface area (Å²) >= 11 is 5.77. The van der Waals surface area contributed by atoms with E-state index in [-0.39, 0.29) is 16.0 Å². The zero-order valence-electron chi connectivity index (χ0n) is 12.2. The molecule has 0 saturated carbocycles. The lowest BCUT2D eigenvalue weighted by Crippen LogP contribution is -2.36. The Morgan fingerprint density at radius 1 is 1.52 bits per heavy atom. The molecule has 7 heteroatoms. The zero-order valence-corrected chi connectivity index (χ0v) is 13.0. The number of nitro benzene ring substituents is 1. The molecule has 0 aromatic heterocycles. The van der Waals surface area contributed by atoms with Gasteiger partial charge in [-0.2, -0.15) is 0 Å². The fourth-order valence-electron chi connectivity index (χ4n) is 2.17. The lowest BCUT2D eigenvalue weighted by Gasteiger charge is -2.26. The van der Waals surface area contributed by atoms with Crippen molar-refractivity contribution in [3.63, 3.8) is 0 Å². The van der Waals surface area contributed by atoms with E-state index in [4.69, 9.17) is 11.6 Å². The van der Waals surface area contributed by atoms with E-state index >= 15 is 0 Å². The first kappa shape index (κ1) is 17.4. The van der Waals surface area contributed by atoms with E-state index in [1.807, 2.05) is 13.8 Å². The second-order valence-electron chi connectivity index (χ2n) is 5.79. The van der Waals surface area contributed by atoms with Gasteiger partial charge in [-0.05, 0) is 30.9 Å². The van der Waals surface area contributed by atoms with Gasteiger partial charge in [-0.1, -0.05) is 31.5 Å². The smallest absolute Gasteiger partial charge is 0.300 e. The van der Waals surface area contributed by atoms with Crippen molar-refractivity contribution >= 4 is 23.2 Å². The average molecular weight is 315 g/mol. The average Bonchev–Trinajstić information content (AvgIpc) is 2.33. The summed E-state index contributed by atoms with van der Waals surface area (Å²) in [5.41, 5.74) is -0.790. The van der Waals surface area contributed by atoms with E-state index in [0.717, 1.165) is 0 Å². The minimum absolute atomic E-state index is 0.0691. The van der Waals surface area contributed by atoms with E-state index < -0.39 is 22.6 Å². The van der Waals surface area contributed by atoms with Crippen LogP contribution in [0.3, 0.4) is 0 Å². The minimum atomic E-state index is -0.668. The van der Waals surface area contributed by atoms with Gasteiger partial charge >= 0.3 is 5.69 Å². The minimum Gasteiger partial charge on any atom is -0.393 e. The third-order valence-electron chi connectivity index (χ3n) is 2.99. The van der Waals surface area contributed by atoms with E-state index in [9.17, 15) is 20.0 Å². The summed E-state index contributed by atoms with van der Waals surface area (Å²) in [6.07, 6.45) is 0.0164. The Kier molecular flexibility index (Phi) is 5.69. The summed E-state index contributed by atoms with van der Waals surface area (Å²) < 4.78 is 0. The first-order valence-electron chi connectivity index (χ1n) is 6.53. The summed E-state index contributed by atoms with van der Waals surface area (Å²) in [6.45, 7) is 5.75. The highest BCUT2D eigenvalue weighted by Gasteiger charge is 2.26. The number of benzene rings is 1. The lowest BCUT2D eigenvalue weighted by molar-refractivity contribution is -0.385. The third kappa shape index (κ3) is 4.99. The van der Waals surface area contributed by atoms with Crippen LogP contribution in [0.15, 0.2) is 18.2 Å². The molecule has 2 N–H and O–H groups in total. The van der Waals surface area contributed by atoms with Gasteiger partial charge in [0.05, 0.1) is 11.0 Å². The van der Waals surface area contributed by atoms with Crippen LogP contribution in [0.25, 0.3) is 0 Å². The van der Waals surface area contributed by atoms with Gasteiger partial charge < -0.3 is 10.4 Å². The number of hydrogen-bond acceptors (Lipinski definition) is 4. The Bertz CT molecular complexity index is 544. The van der Waals surface area contributed by atoms with Gasteiger partial charge in [-0.25, -0.2) is 0 Å². The Balaban J connectivity index is 2.87. The van der Waals surface area contributed by atoms with Crippen molar-refractivity contribution in [1.82, 2.24) is 5.32 Å². The molecule has 0 unspecified atom stereocenters. The highest BCUT2D eigenvalue weighted by molar-refractivity contribution is 6.33. The normalized spacial score (nSPS) is 12.8. The number of carbonyl (C=O) groups is 1. The first-order valence-corrected chi connectivity index (χ1v) is 6.91. The first-order chi connectivity index (χ1) is 9.64. The van der Waals surface area contributed by atoms with E-state index in [1.165, 1.54) is 18.2 Å². The van der Waals surface area contributed by atoms with Crippen molar-refractivity contribution < 1.29 is 14.8 Å². The predicted molar refractivity (Wildman–Crippen MR) is 80.5 cm³/mol. The van der Waals surface area contributed by atoms with Crippen LogP contribution >= 0.6 is 11.6 Å². The summed E-state index contributed by atoms with van der Waals surface area (Å²) in [7, 11) is 0. The summed E-state index contributed by atoms with van der Waals surface area (Å²) in [5.74, 6) is -0.553. The molecule has 0 fully saturated rings. The molecule has 0 aliphatic rings. The summed E-state index contributed by atoms with van der Waals surface area (Å²) in [5, 5.41) is 23.0. The van der Waals surface area contributed by atoms with Gasteiger partial charge in [0.1, 0.15) is 10.6 Å². The second kappa shape index (κ2) is 6.87. The zero-order chi connectivity index (χ0) is 16.2. The van der Waals surface area contributed by atoms with Gasteiger partial charge in [-0.15, -0.1) is 0 Å². The molecule has 0 aliphatic heterocycles. The molecule has 0 radical (unpaired) electrons. The number of para-hydroxylation sites is 1. The van der Waals surface area contributed by atoms with Crippen LogP contribution < -0.4 is 5.32 Å². The van der Waals surface area contributed by atoms with Crippen LogP contribution in [-0.4, -0.2) is 28.6 Å². The van der Waals surface area contributed by atoms with Gasteiger partial charge in [-0.3, -0.25) is 14.9 Å². The fourth-order valence-corrected chi connectivity index (χ4v) is 2.41. The quantitative estimate of drug-likeness (QED) is 0.623. The molecule has 1 amide bonds. The molecule has 21 heavy (non-hydrogen) atoms. The number of hydrogen-bond donors (Lipinski definition) is 2. The monoisotopic (exact) mass is 314 g/mol. The highest BCUT2D eigenvalue weighted by atomic mass is 35.5. The molecule has 0 heterocycles. The van der Waals surface area contributed by atoms with E-state index in [0.29, 0.717) is 13.0 Å². The van der Waals surface area contributed by atoms with Gasteiger partial charge in [0.25, 0.3) is 5.91 Å². The summed E-state index contributed by atoms with van der Waals surface area (Å²) in [4.78, 5) is 22.5. The van der Waals surface area contributed by atoms with Crippen molar-refractivity contribution in [3.8, 4) is 0 Å². The number of nitrogens with one attached hydrogen (secondary N) is 1. The van der Waals surface area contributed by atoms with Crippen LogP contribution in [0.1, 0.15) is 37.6 Å². The van der Waals surface area contributed by atoms with E-state index in [1.54, 1.807) is 6.92 Å². The van der Waals surface area contributed by atoms with Crippen molar-refractivity contribution in [1.29, 1.82) is 0 Å². The maximum atomic E-state index is 12.1. The predicted octanol–water partition coefficient (Wildman–Crippen LogP) is 2.78. The molecule has 0 aliphatic carbocycles.